The Morgan fingerprint density at radius 2 is 1.70 bits per heavy atom. The van der Waals surface area contributed by atoms with Crippen LogP contribution < -0.4 is 5.32 Å². The number of carbonyl (C=O) groups is 1. The first-order chi connectivity index (χ1) is 12.4. The van der Waals surface area contributed by atoms with Gasteiger partial charge >= 0.3 is 6.18 Å². The number of aryl methyl sites for hydroxylation is 1. The van der Waals surface area contributed by atoms with Crippen molar-refractivity contribution >= 4 is 35.0 Å². The Hall–Kier alpha value is -1.66. The molecule has 0 heterocycles. The molecule has 2 aromatic rings. The fourth-order valence-corrected chi connectivity index (χ4v) is 3.44. The van der Waals surface area contributed by atoms with Crippen molar-refractivity contribution in [2.45, 2.75) is 44.2 Å². The molecule has 2 nitrogen and oxygen atoms in total. The van der Waals surface area contributed by atoms with E-state index in [1.807, 2.05) is 13.0 Å². The normalized spacial score (nSPS) is 12.1. The summed E-state index contributed by atoms with van der Waals surface area (Å²) in [6.45, 7) is 8.32. The molecule has 0 aromatic heterocycles. The summed E-state index contributed by atoms with van der Waals surface area (Å²) in [6, 6.07) is 9.03. The standard InChI is InChI=1S/C20H21ClF3NOS/c1-12-5-6-13(19(2,3)4)10-17(12)27-11-18(26)25-16-8-7-14(9-15(16)21)20(22,23)24/h5-10H,11H2,1-4H3,(H,25,26). The van der Waals surface area contributed by atoms with Gasteiger partial charge in [0.05, 0.1) is 22.0 Å². The van der Waals surface area contributed by atoms with Gasteiger partial charge in [0, 0.05) is 4.90 Å². The highest BCUT2D eigenvalue weighted by Crippen LogP contribution is 2.34. The van der Waals surface area contributed by atoms with E-state index in [1.54, 1.807) is 0 Å². The predicted octanol–water partition coefficient (Wildman–Crippen LogP) is 6.70. The molecule has 0 radical (unpaired) electrons. The first kappa shape index (κ1) is 21.6. The molecule has 0 aliphatic heterocycles. The predicted molar refractivity (Wildman–Crippen MR) is 106 cm³/mol. The summed E-state index contributed by atoms with van der Waals surface area (Å²) in [6.07, 6.45) is -4.47. The lowest BCUT2D eigenvalue weighted by Crippen LogP contribution is -2.15. The zero-order valence-electron chi connectivity index (χ0n) is 15.5. The van der Waals surface area contributed by atoms with E-state index < -0.39 is 11.7 Å². The van der Waals surface area contributed by atoms with Gasteiger partial charge in [0.1, 0.15) is 0 Å². The lowest BCUT2D eigenvalue weighted by atomic mass is 9.87. The molecule has 0 saturated carbocycles. The fourth-order valence-electron chi connectivity index (χ4n) is 2.34. The molecule has 0 unspecified atom stereocenters. The SMILES string of the molecule is Cc1ccc(C(C)(C)C)cc1SCC(=O)Nc1ccc(C(F)(F)F)cc1Cl. The molecule has 1 N–H and O–H groups in total. The Bertz CT molecular complexity index is 844. The summed E-state index contributed by atoms with van der Waals surface area (Å²) in [7, 11) is 0. The largest absolute Gasteiger partial charge is 0.416 e. The summed E-state index contributed by atoms with van der Waals surface area (Å²) in [5.41, 5.74) is 1.54. The third-order valence-corrected chi connectivity index (χ3v) is 5.45. The maximum Gasteiger partial charge on any atom is 0.416 e. The van der Waals surface area contributed by atoms with Gasteiger partial charge in [0.25, 0.3) is 0 Å². The molecule has 0 bridgehead atoms. The first-order valence-corrected chi connectivity index (χ1v) is 9.65. The molecule has 27 heavy (non-hydrogen) atoms. The highest BCUT2D eigenvalue weighted by molar-refractivity contribution is 8.00. The number of halogens is 4. The zero-order valence-corrected chi connectivity index (χ0v) is 17.1. The van der Waals surface area contributed by atoms with Gasteiger partial charge in [-0.05, 0) is 47.7 Å². The van der Waals surface area contributed by atoms with Crippen LogP contribution in [0.5, 0.6) is 0 Å². The fraction of sp³-hybridized carbons (Fsp3) is 0.350. The number of hydrogen-bond acceptors (Lipinski definition) is 2. The van der Waals surface area contributed by atoms with Crippen LogP contribution in [0, 0.1) is 6.92 Å². The number of amides is 1. The van der Waals surface area contributed by atoms with Gasteiger partial charge in [0.15, 0.2) is 0 Å². The van der Waals surface area contributed by atoms with Crippen molar-refractivity contribution in [3.8, 4) is 0 Å². The molecular weight excluding hydrogens is 395 g/mol. The Morgan fingerprint density at radius 3 is 2.26 bits per heavy atom. The average molecular weight is 416 g/mol. The number of hydrogen-bond donors (Lipinski definition) is 1. The molecule has 0 atom stereocenters. The van der Waals surface area contributed by atoms with Crippen LogP contribution >= 0.6 is 23.4 Å². The number of rotatable bonds is 4. The van der Waals surface area contributed by atoms with Gasteiger partial charge in [-0.15, -0.1) is 11.8 Å². The van der Waals surface area contributed by atoms with Crippen LogP contribution in [-0.2, 0) is 16.4 Å². The number of alkyl halides is 3. The third-order valence-electron chi connectivity index (χ3n) is 3.98. The second-order valence-electron chi connectivity index (χ2n) is 7.26. The third kappa shape index (κ3) is 5.91. The van der Waals surface area contributed by atoms with Crippen molar-refractivity contribution in [2.75, 3.05) is 11.1 Å². The summed E-state index contributed by atoms with van der Waals surface area (Å²) in [5.74, 6) is -0.201. The topological polar surface area (TPSA) is 29.1 Å². The van der Waals surface area contributed by atoms with E-state index in [1.165, 1.54) is 23.4 Å². The smallest absolute Gasteiger partial charge is 0.324 e. The summed E-state index contributed by atoms with van der Waals surface area (Å²) in [4.78, 5) is 13.2. The van der Waals surface area contributed by atoms with Crippen LogP contribution in [-0.4, -0.2) is 11.7 Å². The van der Waals surface area contributed by atoms with E-state index in [0.717, 1.165) is 22.6 Å². The van der Waals surface area contributed by atoms with Gasteiger partial charge in [-0.3, -0.25) is 4.79 Å². The van der Waals surface area contributed by atoms with Crippen LogP contribution in [0.15, 0.2) is 41.3 Å². The van der Waals surface area contributed by atoms with Crippen LogP contribution in [0.2, 0.25) is 5.02 Å². The highest BCUT2D eigenvalue weighted by Gasteiger charge is 2.31. The number of anilines is 1. The van der Waals surface area contributed by atoms with E-state index in [0.29, 0.717) is 0 Å². The van der Waals surface area contributed by atoms with E-state index in [-0.39, 0.29) is 27.8 Å². The van der Waals surface area contributed by atoms with Crippen LogP contribution in [0.25, 0.3) is 0 Å². The summed E-state index contributed by atoms with van der Waals surface area (Å²) in [5, 5.41) is 2.42. The second kappa shape index (κ2) is 8.15. The summed E-state index contributed by atoms with van der Waals surface area (Å²) < 4.78 is 38.0. The van der Waals surface area contributed by atoms with Crippen LogP contribution in [0.4, 0.5) is 18.9 Å². The molecule has 2 aromatic carbocycles. The van der Waals surface area contributed by atoms with E-state index in [2.05, 4.69) is 38.2 Å². The van der Waals surface area contributed by atoms with Crippen LogP contribution in [0.1, 0.15) is 37.5 Å². The first-order valence-electron chi connectivity index (χ1n) is 8.28. The molecule has 0 spiro atoms. The zero-order chi connectivity index (χ0) is 20.4. The van der Waals surface area contributed by atoms with E-state index >= 15 is 0 Å². The Labute approximate surface area is 166 Å². The van der Waals surface area contributed by atoms with Crippen molar-refractivity contribution in [3.63, 3.8) is 0 Å². The molecule has 7 heteroatoms. The molecule has 0 saturated heterocycles. The monoisotopic (exact) mass is 415 g/mol. The Kier molecular flexibility index (Phi) is 6.53. The number of thioether (sulfide) groups is 1. The number of carbonyl (C=O) groups excluding carboxylic acids is 1. The van der Waals surface area contributed by atoms with Crippen molar-refractivity contribution in [2.24, 2.45) is 0 Å². The maximum atomic E-state index is 12.7. The molecular formula is C20H21ClF3NOS. The van der Waals surface area contributed by atoms with Gasteiger partial charge in [0.2, 0.25) is 5.91 Å². The van der Waals surface area contributed by atoms with Crippen molar-refractivity contribution in [1.29, 1.82) is 0 Å². The highest BCUT2D eigenvalue weighted by atomic mass is 35.5. The number of nitrogens with one attached hydrogen (secondary N) is 1. The minimum atomic E-state index is -4.47. The maximum absolute atomic E-state index is 12.7. The van der Waals surface area contributed by atoms with E-state index in [9.17, 15) is 18.0 Å². The second-order valence-corrected chi connectivity index (χ2v) is 8.68. The van der Waals surface area contributed by atoms with Gasteiger partial charge in [-0.1, -0.05) is 44.5 Å². The lowest BCUT2D eigenvalue weighted by Gasteiger charge is -2.20. The average Bonchev–Trinajstić information content (AvgIpc) is 2.54. The van der Waals surface area contributed by atoms with Gasteiger partial charge in [-0.2, -0.15) is 13.2 Å². The minimum Gasteiger partial charge on any atom is -0.324 e. The van der Waals surface area contributed by atoms with Crippen molar-refractivity contribution in [3.05, 3.63) is 58.1 Å². The van der Waals surface area contributed by atoms with E-state index in [4.69, 9.17) is 11.6 Å². The van der Waals surface area contributed by atoms with Gasteiger partial charge in [-0.25, -0.2) is 0 Å². The van der Waals surface area contributed by atoms with Crippen molar-refractivity contribution < 1.29 is 18.0 Å². The molecule has 0 aliphatic carbocycles. The molecule has 0 fully saturated rings. The number of benzene rings is 2. The van der Waals surface area contributed by atoms with Crippen molar-refractivity contribution in [1.82, 2.24) is 0 Å². The molecule has 1 amide bonds. The lowest BCUT2D eigenvalue weighted by molar-refractivity contribution is -0.137. The van der Waals surface area contributed by atoms with Gasteiger partial charge < -0.3 is 5.32 Å². The summed E-state index contributed by atoms with van der Waals surface area (Å²) >= 11 is 7.25. The Morgan fingerprint density at radius 1 is 1.07 bits per heavy atom. The van der Waals surface area contributed by atoms with Crippen LogP contribution in [0.3, 0.4) is 0 Å². The minimum absolute atomic E-state index is 0.000969. The molecule has 0 aliphatic rings. The molecule has 2 rings (SSSR count). The molecule has 146 valence electrons. The quantitative estimate of drug-likeness (QED) is 0.563. The Balaban J connectivity index is 2.05.